The zero-order valence-electron chi connectivity index (χ0n) is 15.6. The van der Waals surface area contributed by atoms with Crippen LogP contribution in [0.3, 0.4) is 0 Å². The van der Waals surface area contributed by atoms with Crippen molar-refractivity contribution < 1.29 is 9.59 Å². The lowest BCUT2D eigenvalue weighted by Gasteiger charge is -2.18. The fraction of sp³-hybridized carbons (Fsp3) is 0.238. The Kier molecular flexibility index (Phi) is 6.08. The third-order valence-corrected chi connectivity index (χ3v) is 6.08. The van der Waals surface area contributed by atoms with Crippen LogP contribution in [-0.2, 0) is 22.4 Å². The van der Waals surface area contributed by atoms with E-state index in [1.54, 1.807) is 22.7 Å². The first-order chi connectivity index (χ1) is 12.9. The number of hydrogen-bond donors (Lipinski definition) is 2. The number of aryl methyl sites for hydroxylation is 2. The van der Waals surface area contributed by atoms with Crippen LogP contribution in [0.15, 0.2) is 41.1 Å². The highest BCUT2D eigenvalue weighted by Gasteiger charge is 2.16. The van der Waals surface area contributed by atoms with E-state index in [4.69, 9.17) is 0 Å². The van der Waals surface area contributed by atoms with Gasteiger partial charge in [0.25, 0.3) is 0 Å². The second-order valence-corrected chi connectivity index (χ2v) is 8.56. The van der Waals surface area contributed by atoms with Crippen molar-refractivity contribution in [2.75, 3.05) is 10.6 Å². The molecule has 0 saturated heterocycles. The van der Waals surface area contributed by atoms with E-state index in [9.17, 15) is 9.59 Å². The van der Waals surface area contributed by atoms with Gasteiger partial charge in [-0.3, -0.25) is 9.59 Å². The van der Waals surface area contributed by atoms with E-state index in [0.717, 1.165) is 37.8 Å². The van der Waals surface area contributed by atoms with Gasteiger partial charge >= 0.3 is 0 Å². The number of benzene rings is 1. The van der Waals surface area contributed by atoms with E-state index in [1.165, 1.54) is 0 Å². The van der Waals surface area contributed by atoms with Crippen LogP contribution in [0.1, 0.15) is 26.4 Å². The van der Waals surface area contributed by atoms with Gasteiger partial charge in [0.15, 0.2) is 0 Å². The molecule has 0 atom stereocenters. The van der Waals surface area contributed by atoms with Gasteiger partial charge in [-0.05, 0) is 60.4 Å². The first-order valence-corrected chi connectivity index (χ1v) is 10.4. The summed E-state index contributed by atoms with van der Waals surface area (Å²) < 4.78 is 0. The molecule has 1 aromatic carbocycles. The van der Waals surface area contributed by atoms with Crippen LogP contribution in [0.25, 0.3) is 0 Å². The fourth-order valence-corrected chi connectivity index (χ4v) is 4.49. The number of rotatable bonds is 6. The summed E-state index contributed by atoms with van der Waals surface area (Å²) in [7, 11) is 0. The van der Waals surface area contributed by atoms with Crippen molar-refractivity contribution in [3.05, 3.63) is 67.5 Å². The summed E-state index contributed by atoms with van der Waals surface area (Å²) in [5, 5.41) is 9.97. The zero-order chi connectivity index (χ0) is 19.4. The van der Waals surface area contributed by atoms with Crippen LogP contribution < -0.4 is 10.6 Å². The van der Waals surface area contributed by atoms with E-state index in [1.807, 2.05) is 61.9 Å². The van der Waals surface area contributed by atoms with Crippen molar-refractivity contribution in [3.8, 4) is 0 Å². The molecular weight excluding hydrogens is 376 g/mol. The van der Waals surface area contributed by atoms with Gasteiger partial charge in [-0.15, -0.1) is 22.7 Å². The van der Waals surface area contributed by atoms with Crippen molar-refractivity contribution in [1.29, 1.82) is 0 Å². The van der Waals surface area contributed by atoms with Gasteiger partial charge in [0.2, 0.25) is 11.8 Å². The summed E-state index contributed by atoms with van der Waals surface area (Å²) in [5.41, 5.74) is 4.40. The highest BCUT2D eigenvalue weighted by Crippen LogP contribution is 2.31. The predicted molar refractivity (Wildman–Crippen MR) is 114 cm³/mol. The molecule has 3 rings (SSSR count). The Morgan fingerprint density at radius 2 is 1.26 bits per heavy atom. The van der Waals surface area contributed by atoms with Gasteiger partial charge in [-0.1, -0.05) is 18.2 Å². The Morgan fingerprint density at radius 1 is 0.815 bits per heavy atom. The smallest absolute Gasteiger partial charge is 0.229 e. The van der Waals surface area contributed by atoms with Gasteiger partial charge < -0.3 is 10.6 Å². The molecule has 0 unspecified atom stereocenters. The van der Waals surface area contributed by atoms with Crippen LogP contribution in [0.2, 0.25) is 0 Å². The number of carbonyl (C=O) groups excluding carboxylic acids is 2. The van der Waals surface area contributed by atoms with Gasteiger partial charge in [-0.25, -0.2) is 0 Å². The third-order valence-electron chi connectivity index (χ3n) is 4.33. The Labute approximate surface area is 167 Å². The van der Waals surface area contributed by atoms with Gasteiger partial charge in [0, 0.05) is 21.1 Å². The van der Waals surface area contributed by atoms with Crippen molar-refractivity contribution in [2.45, 2.75) is 33.6 Å². The van der Waals surface area contributed by atoms with Crippen molar-refractivity contribution >= 4 is 45.9 Å². The molecular formula is C21H22N2O2S2. The van der Waals surface area contributed by atoms with E-state index in [0.29, 0.717) is 12.8 Å². The molecule has 6 heteroatoms. The molecule has 0 fully saturated rings. The molecule has 3 aromatic rings. The molecule has 140 valence electrons. The van der Waals surface area contributed by atoms with Crippen molar-refractivity contribution in [3.63, 3.8) is 0 Å². The maximum Gasteiger partial charge on any atom is 0.229 e. The SMILES string of the molecule is Cc1cc(C)c(NC(=O)Cc2cccs2)c(C)c1NC(=O)Cc1cccs1. The number of thiophene rings is 2. The average molecular weight is 399 g/mol. The largest absolute Gasteiger partial charge is 0.325 e. The Bertz CT molecular complexity index is 871. The van der Waals surface area contributed by atoms with Crippen LogP contribution in [0.5, 0.6) is 0 Å². The fourth-order valence-electron chi connectivity index (χ4n) is 3.08. The highest BCUT2D eigenvalue weighted by atomic mass is 32.1. The monoisotopic (exact) mass is 398 g/mol. The summed E-state index contributed by atoms with van der Waals surface area (Å²) in [6, 6.07) is 9.78. The van der Waals surface area contributed by atoms with E-state index < -0.39 is 0 Å². The van der Waals surface area contributed by atoms with Gasteiger partial charge in [-0.2, -0.15) is 0 Å². The summed E-state index contributed by atoms with van der Waals surface area (Å²) in [5.74, 6) is -0.105. The summed E-state index contributed by atoms with van der Waals surface area (Å²) in [6.45, 7) is 5.87. The topological polar surface area (TPSA) is 58.2 Å². The molecule has 0 saturated carbocycles. The molecule has 2 amide bonds. The molecule has 0 spiro atoms. The molecule has 2 N–H and O–H groups in total. The van der Waals surface area contributed by atoms with Crippen LogP contribution in [-0.4, -0.2) is 11.8 Å². The van der Waals surface area contributed by atoms with Crippen LogP contribution in [0, 0.1) is 20.8 Å². The molecule has 0 bridgehead atoms. The average Bonchev–Trinajstić information content (AvgIpc) is 3.29. The van der Waals surface area contributed by atoms with Crippen LogP contribution in [0.4, 0.5) is 11.4 Å². The first kappa shape index (κ1) is 19.3. The Hall–Kier alpha value is -2.44. The standard InChI is InChI=1S/C21H22N2O2S2/c1-13-10-14(2)21(23-19(25)12-17-7-5-9-27-17)15(3)20(13)22-18(24)11-16-6-4-8-26-16/h4-10H,11-12H2,1-3H3,(H,22,24)(H,23,25). The summed E-state index contributed by atoms with van der Waals surface area (Å²) in [4.78, 5) is 26.9. The number of amides is 2. The van der Waals surface area contributed by atoms with Crippen molar-refractivity contribution in [1.82, 2.24) is 0 Å². The number of nitrogens with one attached hydrogen (secondary N) is 2. The Balaban J connectivity index is 1.77. The molecule has 2 aromatic heterocycles. The third kappa shape index (κ3) is 4.84. The summed E-state index contributed by atoms with van der Waals surface area (Å²) in [6.07, 6.45) is 0.703. The lowest BCUT2D eigenvalue weighted by Crippen LogP contribution is -2.19. The molecule has 27 heavy (non-hydrogen) atoms. The number of carbonyl (C=O) groups is 2. The number of hydrogen-bond acceptors (Lipinski definition) is 4. The second-order valence-electron chi connectivity index (χ2n) is 6.49. The van der Waals surface area contributed by atoms with E-state index >= 15 is 0 Å². The highest BCUT2D eigenvalue weighted by molar-refractivity contribution is 7.10. The van der Waals surface area contributed by atoms with Gasteiger partial charge in [0.05, 0.1) is 12.8 Å². The first-order valence-electron chi connectivity index (χ1n) is 8.69. The zero-order valence-corrected chi connectivity index (χ0v) is 17.2. The minimum Gasteiger partial charge on any atom is -0.325 e. The van der Waals surface area contributed by atoms with Gasteiger partial charge in [0.1, 0.15) is 0 Å². The molecule has 2 heterocycles. The molecule has 0 aliphatic carbocycles. The van der Waals surface area contributed by atoms with E-state index in [2.05, 4.69) is 10.6 Å². The van der Waals surface area contributed by atoms with Crippen LogP contribution >= 0.6 is 22.7 Å². The maximum absolute atomic E-state index is 12.4. The lowest BCUT2D eigenvalue weighted by molar-refractivity contribution is -0.116. The molecule has 4 nitrogen and oxygen atoms in total. The van der Waals surface area contributed by atoms with E-state index in [-0.39, 0.29) is 11.8 Å². The lowest BCUT2D eigenvalue weighted by atomic mass is 10.0. The molecule has 0 radical (unpaired) electrons. The molecule has 0 aliphatic rings. The second kappa shape index (κ2) is 8.50. The maximum atomic E-state index is 12.4. The quantitative estimate of drug-likeness (QED) is 0.607. The summed E-state index contributed by atoms with van der Waals surface area (Å²) >= 11 is 3.14. The predicted octanol–water partition coefficient (Wildman–Crippen LogP) is 5.10. The normalized spacial score (nSPS) is 10.6. The number of anilines is 2. The Morgan fingerprint density at radius 3 is 1.63 bits per heavy atom. The molecule has 0 aliphatic heterocycles. The minimum absolute atomic E-state index is 0.0524. The van der Waals surface area contributed by atoms with Crippen molar-refractivity contribution in [2.24, 2.45) is 0 Å². The minimum atomic E-state index is -0.0524.